The van der Waals surface area contributed by atoms with Crippen molar-refractivity contribution in [2.45, 2.75) is 59.2 Å². The Morgan fingerprint density at radius 3 is 2.48 bits per heavy atom. The van der Waals surface area contributed by atoms with Gasteiger partial charge in [-0.05, 0) is 55.5 Å². The first-order valence-electron chi connectivity index (χ1n) is 10.7. The summed E-state index contributed by atoms with van der Waals surface area (Å²) in [6.07, 6.45) is 4.39. The lowest BCUT2D eigenvalue weighted by Gasteiger charge is -2.30. The fourth-order valence-corrected chi connectivity index (χ4v) is 3.55. The smallest absolute Gasteiger partial charge is 0.271 e. The van der Waals surface area contributed by atoms with Gasteiger partial charge in [-0.3, -0.25) is 14.5 Å². The van der Waals surface area contributed by atoms with E-state index < -0.39 is 0 Å². The molecule has 1 fully saturated rings. The van der Waals surface area contributed by atoms with Gasteiger partial charge in [0.25, 0.3) is 11.5 Å². The van der Waals surface area contributed by atoms with Gasteiger partial charge in [0, 0.05) is 25.7 Å². The Balaban J connectivity index is 1.52. The van der Waals surface area contributed by atoms with Crippen LogP contribution in [0.25, 0.3) is 0 Å². The molecule has 0 bridgehead atoms. The van der Waals surface area contributed by atoms with Crippen LogP contribution < -0.4 is 10.9 Å². The van der Waals surface area contributed by atoms with Crippen molar-refractivity contribution in [1.29, 1.82) is 0 Å². The molecule has 6 heteroatoms. The molecule has 156 valence electrons. The van der Waals surface area contributed by atoms with Gasteiger partial charge in [0.2, 0.25) is 0 Å². The van der Waals surface area contributed by atoms with Crippen LogP contribution in [0.2, 0.25) is 0 Å². The maximum absolute atomic E-state index is 12.4. The molecular weight excluding hydrogens is 364 g/mol. The average Bonchev–Trinajstić information content (AvgIpc) is 2.74. The fraction of sp³-hybridized carbons (Fsp3) is 0.522. The third-order valence-corrected chi connectivity index (χ3v) is 5.58. The summed E-state index contributed by atoms with van der Waals surface area (Å²) in [5.41, 5.74) is 2.46. The first-order chi connectivity index (χ1) is 14.0. The largest absolute Gasteiger partial charge is 0.347 e. The molecule has 0 atom stereocenters. The van der Waals surface area contributed by atoms with Gasteiger partial charge in [0.15, 0.2) is 0 Å². The van der Waals surface area contributed by atoms with Gasteiger partial charge in [0.1, 0.15) is 5.69 Å². The van der Waals surface area contributed by atoms with Crippen molar-refractivity contribution in [2.24, 2.45) is 5.92 Å². The Morgan fingerprint density at radius 1 is 1.10 bits per heavy atom. The quantitative estimate of drug-likeness (QED) is 0.744. The molecule has 1 aliphatic heterocycles. The van der Waals surface area contributed by atoms with E-state index in [1.807, 2.05) is 0 Å². The molecule has 1 saturated heterocycles. The van der Waals surface area contributed by atoms with E-state index in [4.69, 9.17) is 0 Å². The summed E-state index contributed by atoms with van der Waals surface area (Å²) in [6.45, 7) is 8.70. The minimum absolute atomic E-state index is 0.172. The number of hydrogen-bond acceptors (Lipinski definition) is 4. The van der Waals surface area contributed by atoms with E-state index in [0.29, 0.717) is 13.1 Å². The number of nitrogens with one attached hydrogen (secondary N) is 1. The van der Waals surface area contributed by atoms with Crippen molar-refractivity contribution in [1.82, 2.24) is 20.0 Å². The SMILES string of the molecule is CCCCn1nc(C(=O)NCc2ccc(CN3CCC(C)CC3)cc2)ccc1=O. The third kappa shape index (κ3) is 6.26. The predicted molar refractivity (Wildman–Crippen MR) is 115 cm³/mol. The second-order valence-corrected chi connectivity index (χ2v) is 8.09. The molecule has 1 aliphatic rings. The first kappa shape index (κ1) is 21.2. The third-order valence-electron chi connectivity index (χ3n) is 5.58. The van der Waals surface area contributed by atoms with E-state index in [2.05, 4.69) is 53.4 Å². The molecule has 1 aromatic heterocycles. The summed E-state index contributed by atoms with van der Waals surface area (Å²) >= 11 is 0. The highest BCUT2D eigenvalue weighted by Crippen LogP contribution is 2.18. The van der Waals surface area contributed by atoms with Crippen LogP contribution in [-0.4, -0.2) is 33.7 Å². The number of hydrogen-bond donors (Lipinski definition) is 1. The molecule has 0 radical (unpaired) electrons. The van der Waals surface area contributed by atoms with Crippen LogP contribution in [0.3, 0.4) is 0 Å². The van der Waals surface area contributed by atoms with Gasteiger partial charge < -0.3 is 5.32 Å². The van der Waals surface area contributed by atoms with Crippen molar-refractivity contribution in [3.63, 3.8) is 0 Å². The lowest BCUT2D eigenvalue weighted by Crippen LogP contribution is -2.32. The molecule has 2 aromatic rings. The van der Waals surface area contributed by atoms with Crippen molar-refractivity contribution in [2.75, 3.05) is 13.1 Å². The Morgan fingerprint density at radius 2 is 1.79 bits per heavy atom. The van der Waals surface area contributed by atoms with E-state index in [-0.39, 0.29) is 17.2 Å². The highest BCUT2D eigenvalue weighted by molar-refractivity contribution is 5.91. The number of carbonyl (C=O) groups excluding carboxylic acids is 1. The summed E-state index contributed by atoms with van der Waals surface area (Å²) in [4.78, 5) is 26.8. The van der Waals surface area contributed by atoms with Crippen molar-refractivity contribution in [3.8, 4) is 0 Å². The van der Waals surface area contributed by atoms with Crippen LogP contribution in [0.5, 0.6) is 0 Å². The van der Waals surface area contributed by atoms with Crippen molar-refractivity contribution >= 4 is 5.91 Å². The molecule has 6 nitrogen and oxygen atoms in total. The van der Waals surface area contributed by atoms with Crippen LogP contribution in [0.15, 0.2) is 41.2 Å². The Labute approximate surface area is 172 Å². The van der Waals surface area contributed by atoms with Crippen molar-refractivity contribution in [3.05, 3.63) is 63.6 Å². The van der Waals surface area contributed by atoms with E-state index in [0.717, 1.165) is 30.9 Å². The number of carbonyl (C=O) groups is 1. The standard InChI is InChI=1S/C23H32N4O2/c1-3-4-13-27-22(28)10-9-21(25-27)23(29)24-16-19-5-7-20(8-6-19)17-26-14-11-18(2)12-15-26/h5-10,18H,3-4,11-17H2,1-2H3,(H,24,29). The average molecular weight is 397 g/mol. The van der Waals surface area contributed by atoms with E-state index >= 15 is 0 Å². The highest BCUT2D eigenvalue weighted by atomic mass is 16.2. The monoisotopic (exact) mass is 396 g/mol. The van der Waals surface area contributed by atoms with E-state index in [1.54, 1.807) is 0 Å². The summed E-state index contributed by atoms with van der Waals surface area (Å²) < 4.78 is 1.37. The first-order valence-corrected chi connectivity index (χ1v) is 10.7. The lowest BCUT2D eigenvalue weighted by atomic mass is 9.99. The number of aromatic nitrogens is 2. The summed E-state index contributed by atoms with van der Waals surface area (Å²) in [5, 5.41) is 7.09. The molecule has 3 rings (SSSR count). The van der Waals surface area contributed by atoms with Crippen LogP contribution in [-0.2, 0) is 19.6 Å². The number of likely N-dealkylation sites (tertiary alicyclic amines) is 1. The van der Waals surface area contributed by atoms with Gasteiger partial charge >= 0.3 is 0 Å². The number of nitrogens with zero attached hydrogens (tertiary/aromatic N) is 3. The van der Waals surface area contributed by atoms with E-state index in [9.17, 15) is 9.59 Å². The number of rotatable bonds is 8. The summed E-state index contributed by atoms with van der Waals surface area (Å²) in [6, 6.07) is 11.3. The molecule has 0 spiro atoms. The molecule has 1 N–H and O–H groups in total. The van der Waals surface area contributed by atoms with Gasteiger partial charge in [-0.2, -0.15) is 5.10 Å². The molecule has 0 saturated carbocycles. The zero-order valence-corrected chi connectivity index (χ0v) is 17.6. The zero-order chi connectivity index (χ0) is 20.6. The van der Waals surface area contributed by atoms with Crippen LogP contribution in [0.4, 0.5) is 0 Å². The van der Waals surface area contributed by atoms with E-state index in [1.165, 1.54) is 48.3 Å². The topological polar surface area (TPSA) is 67.2 Å². The molecule has 0 unspecified atom stereocenters. The number of benzene rings is 1. The van der Waals surface area contributed by atoms with Crippen molar-refractivity contribution < 1.29 is 4.79 Å². The number of unbranched alkanes of at least 4 members (excludes halogenated alkanes) is 1. The molecule has 1 amide bonds. The van der Waals surface area contributed by atoms with Gasteiger partial charge in [-0.1, -0.05) is 44.5 Å². The number of piperidine rings is 1. The Kier molecular flexibility index (Phi) is 7.58. The summed E-state index contributed by atoms with van der Waals surface area (Å²) in [7, 11) is 0. The van der Waals surface area contributed by atoms with Crippen LogP contribution in [0.1, 0.15) is 61.1 Å². The highest BCUT2D eigenvalue weighted by Gasteiger charge is 2.15. The van der Waals surface area contributed by atoms with Crippen LogP contribution in [0, 0.1) is 5.92 Å². The minimum atomic E-state index is -0.262. The second kappa shape index (κ2) is 10.3. The molecule has 1 aromatic carbocycles. The Bertz CT molecular complexity index is 852. The summed E-state index contributed by atoms with van der Waals surface area (Å²) in [5.74, 6) is 0.583. The minimum Gasteiger partial charge on any atom is -0.347 e. The van der Waals surface area contributed by atoms with Gasteiger partial charge in [-0.25, -0.2) is 4.68 Å². The lowest BCUT2D eigenvalue weighted by molar-refractivity contribution is 0.0943. The molecular formula is C23H32N4O2. The number of aryl methyl sites for hydroxylation is 1. The van der Waals surface area contributed by atoms with Gasteiger partial charge in [0.05, 0.1) is 0 Å². The molecule has 29 heavy (non-hydrogen) atoms. The maximum atomic E-state index is 12.4. The number of amides is 1. The Hall–Kier alpha value is -2.47. The molecule has 0 aliphatic carbocycles. The zero-order valence-electron chi connectivity index (χ0n) is 17.6. The van der Waals surface area contributed by atoms with Gasteiger partial charge in [-0.15, -0.1) is 0 Å². The maximum Gasteiger partial charge on any atom is 0.271 e. The second-order valence-electron chi connectivity index (χ2n) is 8.09. The fourth-order valence-electron chi connectivity index (χ4n) is 3.55. The van der Waals surface area contributed by atoms with Crippen LogP contribution >= 0.6 is 0 Å². The molecule has 2 heterocycles. The normalized spacial score (nSPS) is 15.4. The predicted octanol–water partition coefficient (Wildman–Crippen LogP) is 3.21.